The summed E-state index contributed by atoms with van der Waals surface area (Å²) in [5.74, 6) is 0.864. The molecule has 0 spiro atoms. The molecule has 112 valence electrons. The average Bonchev–Trinajstić information content (AvgIpc) is 3.11. The molecule has 0 radical (unpaired) electrons. The number of hydrogen-bond acceptors (Lipinski definition) is 4. The van der Waals surface area contributed by atoms with E-state index in [9.17, 15) is 0 Å². The van der Waals surface area contributed by atoms with E-state index in [1.54, 1.807) is 6.20 Å². The number of aromatic nitrogens is 3. The van der Waals surface area contributed by atoms with Crippen molar-refractivity contribution in [3.63, 3.8) is 0 Å². The Morgan fingerprint density at radius 1 is 1.38 bits per heavy atom. The minimum absolute atomic E-state index is 0.372. The zero-order chi connectivity index (χ0) is 14.7. The molecule has 5 heteroatoms. The van der Waals surface area contributed by atoms with Gasteiger partial charge in [0.05, 0.1) is 11.8 Å². The van der Waals surface area contributed by atoms with Crippen LogP contribution in [0.4, 0.5) is 0 Å². The molecule has 3 rings (SSSR count). The van der Waals surface area contributed by atoms with Gasteiger partial charge in [-0.1, -0.05) is 6.07 Å². The topological polar surface area (TPSA) is 52.0 Å². The molecule has 0 aliphatic carbocycles. The van der Waals surface area contributed by atoms with Gasteiger partial charge >= 0.3 is 0 Å². The summed E-state index contributed by atoms with van der Waals surface area (Å²) < 4.78 is 7.55. The Hall–Kier alpha value is -1.72. The van der Waals surface area contributed by atoms with Gasteiger partial charge in [0.2, 0.25) is 0 Å². The lowest BCUT2D eigenvalue weighted by Gasteiger charge is -2.11. The van der Waals surface area contributed by atoms with E-state index in [4.69, 9.17) is 4.74 Å². The molecule has 1 saturated heterocycles. The number of pyridine rings is 1. The first-order valence-electron chi connectivity index (χ1n) is 7.54. The fourth-order valence-electron chi connectivity index (χ4n) is 2.80. The zero-order valence-electron chi connectivity index (χ0n) is 12.7. The van der Waals surface area contributed by atoms with Gasteiger partial charge in [0.1, 0.15) is 0 Å². The summed E-state index contributed by atoms with van der Waals surface area (Å²) in [5.41, 5.74) is 3.45. The monoisotopic (exact) mass is 286 g/mol. The van der Waals surface area contributed by atoms with Gasteiger partial charge < -0.3 is 10.1 Å². The van der Waals surface area contributed by atoms with E-state index >= 15 is 0 Å². The molecule has 5 nitrogen and oxygen atoms in total. The number of aryl methyl sites for hydroxylation is 1. The van der Waals surface area contributed by atoms with Gasteiger partial charge in [0.25, 0.3) is 0 Å². The van der Waals surface area contributed by atoms with Gasteiger partial charge in [-0.3, -0.25) is 0 Å². The van der Waals surface area contributed by atoms with Crippen molar-refractivity contribution in [3.8, 4) is 5.82 Å². The quantitative estimate of drug-likeness (QED) is 0.915. The highest BCUT2D eigenvalue weighted by Crippen LogP contribution is 2.17. The number of rotatable bonds is 5. The Kier molecular flexibility index (Phi) is 4.31. The van der Waals surface area contributed by atoms with Crippen LogP contribution >= 0.6 is 0 Å². The first-order valence-corrected chi connectivity index (χ1v) is 7.54. The summed E-state index contributed by atoms with van der Waals surface area (Å²) in [5, 5.41) is 8.11. The maximum absolute atomic E-state index is 5.63. The summed E-state index contributed by atoms with van der Waals surface area (Å²) in [4.78, 5) is 4.37. The molecule has 1 atom stereocenters. The maximum atomic E-state index is 5.63. The molecule has 0 aromatic carbocycles. The van der Waals surface area contributed by atoms with E-state index in [0.29, 0.717) is 6.10 Å². The SMILES string of the molecule is Cc1nn(-c2ccccn2)c(C)c1CNCC1CCCO1. The predicted octanol–water partition coefficient (Wildman–Crippen LogP) is 2.15. The van der Waals surface area contributed by atoms with Crippen LogP contribution in [0.25, 0.3) is 5.82 Å². The Morgan fingerprint density at radius 3 is 3.00 bits per heavy atom. The van der Waals surface area contributed by atoms with Crippen LogP contribution in [0, 0.1) is 13.8 Å². The molecule has 2 aromatic rings. The summed E-state index contributed by atoms with van der Waals surface area (Å²) in [6, 6.07) is 5.87. The highest BCUT2D eigenvalue weighted by Gasteiger charge is 2.16. The molecule has 2 aromatic heterocycles. The summed E-state index contributed by atoms with van der Waals surface area (Å²) in [6.45, 7) is 6.79. The fourth-order valence-corrected chi connectivity index (χ4v) is 2.80. The summed E-state index contributed by atoms with van der Waals surface area (Å²) in [7, 11) is 0. The Morgan fingerprint density at radius 2 is 2.29 bits per heavy atom. The van der Waals surface area contributed by atoms with Crippen LogP contribution in [0.15, 0.2) is 24.4 Å². The van der Waals surface area contributed by atoms with Gasteiger partial charge in [-0.25, -0.2) is 9.67 Å². The molecule has 0 amide bonds. The molecule has 1 aliphatic rings. The number of ether oxygens (including phenoxy) is 1. The highest BCUT2D eigenvalue weighted by atomic mass is 16.5. The molecule has 0 bridgehead atoms. The third-order valence-electron chi connectivity index (χ3n) is 4.01. The number of nitrogens with one attached hydrogen (secondary N) is 1. The van der Waals surface area contributed by atoms with E-state index < -0.39 is 0 Å². The summed E-state index contributed by atoms with van der Waals surface area (Å²) >= 11 is 0. The van der Waals surface area contributed by atoms with Crippen LogP contribution < -0.4 is 5.32 Å². The van der Waals surface area contributed by atoms with Gasteiger partial charge in [-0.15, -0.1) is 0 Å². The van der Waals surface area contributed by atoms with Crippen molar-refractivity contribution in [3.05, 3.63) is 41.3 Å². The molecule has 3 heterocycles. The minimum atomic E-state index is 0.372. The Balaban J connectivity index is 1.69. The molecule has 1 N–H and O–H groups in total. The summed E-state index contributed by atoms with van der Waals surface area (Å²) in [6.07, 6.45) is 4.51. The first kappa shape index (κ1) is 14.2. The lowest BCUT2D eigenvalue weighted by Crippen LogP contribution is -2.26. The van der Waals surface area contributed by atoms with Crippen molar-refractivity contribution in [2.24, 2.45) is 0 Å². The van der Waals surface area contributed by atoms with Crippen LogP contribution in [0.3, 0.4) is 0 Å². The van der Waals surface area contributed by atoms with Crippen molar-refractivity contribution in [1.29, 1.82) is 0 Å². The number of nitrogens with zero attached hydrogens (tertiary/aromatic N) is 3. The van der Waals surface area contributed by atoms with Crippen molar-refractivity contribution >= 4 is 0 Å². The Labute approximate surface area is 125 Å². The minimum Gasteiger partial charge on any atom is -0.377 e. The van der Waals surface area contributed by atoms with Gasteiger partial charge in [-0.2, -0.15) is 5.10 Å². The zero-order valence-corrected chi connectivity index (χ0v) is 12.7. The smallest absolute Gasteiger partial charge is 0.153 e. The second-order valence-electron chi connectivity index (χ2n) is 5.52. The van der Waals surface area contributed by atoms with E-state index in [1.165, 1.54) is 12.0 Å². The van der Waals surface area contributed by atoms with E-state index in [-0.39, 0.29) is 0 Å². The van der Waals surface area contributed by atoms with Crippen LogP contribution in [0.1, 0.15) is 29.8 Å². The predicted molar refractivity (Wildman–Crippen MR) is 81.5 cm³/mol. The van der Waals surface area contributed by atoms with Crippen molar-refractivity contribution < 1.29 is 4.74 Å². The second-order valence-corrected chi connectivity index (χ2v) is 5.52. The van der Waals surface area contributed by atoms with Crippen LogP contribution in [-0.2, 0) is 11.3 Å². The third-order valence-corrected chi connectivity index (χ3v) is 4.01. The number of hydrogen-bond donors (Lipinski definition) is 1. The highest BCUT2D eigenvalue weighted by molar-refractivity contribution is 5.32. The average molecular weight is 286 g/mol. The van der Waals surface area contributed by atoms with Crippen LogP contribution in [-0.4, -0.2) is 34.0 Å². The lowest BCUT2D eigenvalue weighted by molar-refractivity contribution is 0.110. The molecule has 0 saturated carbocycles. The van der Waals surface area contributed by atoms with E-state index in [2.05, 4.69) is 29.2 Å². The third kappa shape index (κ3) is 3.14. The maximum Gasteiger partial charge on any atom is 0.153 e. The van der Waals surface area contributed by atoms with Crippen molar-refractivity contribution in [2.75, 3.05) is 13.2 Å². The molecule has 1 unspecified atom stereocenters. The van der Waals surface area contributed by atoms with E-state index in [1.807, 2.05) is 22.9 Å². The van der Waals surface area contributed by atoms with Gasteiger partial charge in [0, 0.05) is 37.2 Å². The molecule has 1 aliphatic heterocycles. The molecule has 1 fully saturated rings. The van der Waals surface area contributed by atoms with Crippen molar-refractivity contribution in [2.45, 2.75) is 39.3 Å². The molecular formula is C16H22N4O. The normalized spacial score (nSPS) is 18.3. The van der Waals surface area contributed by atoms with Crippen LogP contribution in [0.5, 0.6) is 0 Å². The largest absolute Gasteiger partial charge is 0.377 e. The van der Waals surface area contributed by atoms with E-state index in [0.717, 1.165) is 43.3 Å². The van der Waals surface area contributed by atoms with Gasteiger partial charge in [0.15, 0.2) is 5.82 Å². The van der Waals surface area contributed by atoms with Crippen molar-refractivity contribution in [1.82, 2.24) is 20.1 Å². The fraction of sp³-hybridized carbons (Fsp3) is 0.500. The molecule has 21 heavy (non-hydrogen) atoms. The standard InChI is InChI=1S/C16H22N4O/c1-12-15(11-17-10-14-6-5-9-21-14)13(2)20(19-12)16-7-3-4-8-18-16/h3-4,7-8,14,17H,5-6,9-11H2,1-2H3. The molecular weight excluding hydrogens is 264 g/mol. The first-order chi connectivity index (χ1) is 10.3. The second kappa shape index (κ2) is 6.37. The van der Waals surface area contributed by atoms with Gasteiger partial charge in [-0.05, 0) is 38.8 Å². The lowest BCUT2D eigenvalue weighted by atomic mass is 10.2. The Bertz CT molecular complexity index is 588. The van der Waals surface area contributed by atoms with Crippen LogP contribution in [0.2, 0.25) is 0 Å².